The lowest BCUT2D eigenvalue weighted by atomic mass is 10.3. The number of benzene rings is 1. The smallest absolute Gasteiger partial charge is 0.140 e. The second-order valence-electron chi connectivity index (χ2n) is 3.17. The summed E-state index contributed by atoms with van der Waals surface area (Å²) in [5.74, 6) is -0.330. The van der Waals surface area contributed by atoms with Crippen LogP contribution in [0.5, 0.6) is 0 Å². The van der Waals surface area contributed by atoms with Crippen molar-refractivity contribution in [2.45, 2.75) is 31.8 Å². The number of allylic oxidation sites excluding steroid dienone is 1. The largest absolute Gasteiger partial charge is 0.513 e. The maximum atomic E-state index is 12.8. The van der Waals surface area contributed by atoms with E-state index in [-0.39, 0.29) is 10.7 Å². The van der Waals surface area contributed by atoms with Gasteiger partial charge in [0.15, 0.2) is 0 Å². The van der Waals surface area contributed by atoms with Gasteiger partial charge in [-0.1, -0.05) is 25.4 Å². The Balaban J connectivity index is 0. The molecular formula is C12H19BrClFN2O2S. The summed E-state index contributed by atoms with van der Waals surface area (Å²) in [6.07, 6.45) is 0.824. The van der Waals surface area contributed by atoms with Crippen LogP contribution in [-0.2, 0) is 0 Å². The Bertz CT molecular complexity index is 430. The Labute approximate surface area is 136 Å². The van der Waals surface area contributed by atoms with Crippen LogP contribution in [-0.4, -0.2) is 15.8 Å². The van der Waals surface area contributed by atoms with Crippen LogP contribution in [0.3, 0.4) is 0 Å². The summed E-state index contributed by atoms with van der Waals surface area (Å²) in [4.78, 5) is 0.123. The lowest BCUT2D eigenvalue weighted by Gasteiger charge is -1.99. The standard InChI is InChI=1S/C6H3BrClFOS.C4H10N2O.C2H6/c7-3-1-5(9)6(11-10)2-4(3)8;1-3(7)2-4(5)6;1-2/h1-2,10H;2,4,7H,5-6H2,1H3;1-2H3/b;3-2-;. The number of aliphatic hydroxyl groups excluding tert-OH is 1. The molecule has 0 radical (unpaired) electrons. The van der Waals surface area contributed by atoms with Crippen LogP contribution in [0, 0.1) is 5.82 Å². The first-order chi connectivity index (χ1) is 9.27. The molecule has 0 aliphatic heterocycles. The van der Waals surface area contributed by atoms with Crippen molar-refractivity contribution in [3.63, 3.8) is 0 Å². The minimum Gasteiger partial charge on any atom is -0.513 e. The number of nitrogens with two attached hydrogens (primary N) is 2. The quantitative estimate of drug-likeness (QED) is 0.258. The highest BCUT2D eigenvalue weighted by atomic mass is 79.9. The van der Waals surface area contributed by atoms with E-state index < -0.39 is 12.0 Å². The Kier molecular flexibility index (Phi) is 13.7. The van der Waals surface area contributed by atoms with Gasteiger partial charge in [-0.3, -0.25) is 0 Å². The minimum absolute atomic E-state index is 0.123. The molecule has 6 N–H and O–H groups in total. The zero-order valence-corrected chi connectivity index (χ0v) is 14.6. The van der Waals surface area contributed by atoms with Crippen LogP contribution in [0.15, 0.2) is 33.3 Å². The van der Waals surface area contributed by atoms with Gasteiger partial charge in [-0.25, -0.2) is 4.39 Å². The third-order valence-electron chi connectivity index (χ3n) is 1.51. The SMILES string of the molecule is C/C(O)=C/C(N)N.CC.OSc1cc(Cl)c(Br)cc1F. The van der Waals surface area contributed by atoms with Crippen LogP contribution in [0.25, 0.3) is 0 Å². The molecule has 0 aliphatic rings. The molecule has 0 unspecified atom stereocenters. The lowest BCUT2D eigenvalue weighted by Crippen LogP contribution is -2.27. The Hall–Kier alpha value is -0.310. The van der Waals surface area contributed by atoms with Gasteiger partial charge in [-0.2, -0.15) is 0 Å². The molecule has 20 heavy (non-hydrogen) atoms. The molecule has 0 bridgehead atoms. The van der Waals surface area contributed by atoms with E-state index in [1.807, 2.05) is 13.8 Å². The van der Waals surface area contributed by atoms with E-state index in [1.165, 1.54) is 25.1 Å². The van der Waals surface area contributed by atoms with Crippen molar-refractivity contribution in [3.05, 3.63) is 39.3 Å². The van der Waals surface area contributed by atoms with Gasteiger partial charge in [0, 0.05) is 16.5 Å². The maximum Gasteiger partial charge on any atom is 0.140 e. The summed E-state index contributed by atoms with van der Waals surface area (Å²) in [7, 11) is 0. The third kappa shape index (κ3) is 10.5. The van der Waals surface area contributed by atoms with Gasteiger partial charge in [0.05, 0.1) is 21.8 Å². The second kappa shape index (κ2) is 12.4. The van der Waals surface area contributed by atoms with E-state index in [2.05, 4.69) is 15.9 Å². The molecule has 0 fully saturated rings. The molecular weight excluding hydrogens is 371 g/mol. The monoisotopic (exact) mass is 388 g/mol. The summed E-state index contributed by atoms with van der Waals surface area (Å²) >= 11 is 9.01. The molecule has 0 amide bonds. The topological polar surface area (TPSA) is 92.5 Å². The van der Waals surface area contributed by atoms with Crippen LogP contribution in [0.2, 0.25) is 5.02 Å². The van der Waals surface area contributed by atoms with Crippen molar-refractivity contribution in [1.82, 2.24) is 0 Å². The van der Waals surface area contributed by atoms with Crippen molar-refractivity contribution in [1.29, 1.82) is 0 Å². The van der Waals surface area contributed by atoms with Gasteiger partial charge in [0.1, 0.15) is 5.82 Å². The number of hydrogen-bond donors (Lipinski definition) is 4. The van der Waals surface area contributed by atoms with Gasteiger partial charge in [-0.05, 0) is 41.1 Å². The van der Waals surface area contributed by atoms with Gasteiger partial charge in [-0.15, -0.1) is 0 Å². The molecule has 0 atom stereocenters. The Morgan fingerprint density at radius 1 is 1.45 bits per heavy atom. The molecule has 0 saturated carbocycles. The molecule has 4 nitrogen and oxygen atoms in total. The zero-order chi connectivity index (χ0) is 16.3. The van der Waals surface area contributed by atoms with Gasteiger partial charge in [0.2, 0.25) is 0 Å². The highest BCUT2D eigenvalue weighted by Crippen LogP contribution is 2.29. The van der Waals surface area contributed by atoms with E-state index in [0.717, 1.165) is 0 Å². The van der Waals surface area contributed by atoms with E-state index >= 15 is 0 Å². The molecule has 0 heterocycles. The van der Waals surface area contributed by atoms with Crippen LogP contribution in [0.4, 0.5) is 4.39 Å². The summed E-state index contributed by atoms with van der Waals surface area (Å²) in [5, 5.41) is 8.80. The molecule has 0 saturated heterocycles. The summed E-state index contributed by atoms with van der Waals surface area (Å²) in [6, 6.07) is 2.56. The van der Waals surface area contributed by atoms with E-state index in [4.69, 9.17) is 32.7 Å². The lowest BCUT2D eigenvalue weighted by molar-refractivity contribution is 0.409. The van der Waals surface area contributed by atoms with Crippen LogP contribution in [0.1, 0.15) is 20.8 Å². The zero-order valence-electron chi connectivity index (χ0n) is 11.4. The fourth-order valence-electron chi connectivity index (χ4n) is 0.853. The van der Waals surface area contributed by atoms with Crippen molar-refractivity contribution in [2.24, 2.45) is 11.5 Å². The first-order valence-corrected chi connectivity index (χ1v) is 7.56. The van der Waals surface area contributed by atoms with Gasteiger partial charge < -0.3 is 21.1 Å². The number of hydrogen-bond acceptors (Lipinski definition) is 5. The number of aliphatic hydroxyl groups is 1. The minimum atomic E-state index is -0.537. The fourth-order valence-corrected chi connectivity index (χ4v) is 1.71. The number of halogens is 3. The average Bonchev–Trinajstić information content (AvgIpc) is 2.35. The Morgan fingerprint density at radius 2 is 1.95 bits per heavy atom. The molecule has 1 aromatic carbocycles. The van der Waals surface area contributed by atoms with Crippen LogP contribution < -0.4 is 11.5 Å². The number of rotatable bonds is 2. The Morgan fingerprint density at radius 3 is 2.25 bits per heavy atom. The van der Waals surface area contributed by atoms with Crippen molar-refractivity contribution >= 4 is 39.6 Å². The highest BCUT2D eigenvalue weighted by Gasteiger charge is 2.06. The van der Waals surface area contributed by atoms with Crippen molar-refractivity contribution in [3.8, 4) is 0 Å². The van der Waals surface area contributed by atoms with Gasteiger partial charge >= 0.3 is 0 Å². The predicted octanol–water partition coefficient (Wildman–Crippen LogP) is 4.52. The molecule has 1 aromatic rings. The normalized spacial score (nSPS) is 10.4. The molecule has 0 aliphatic carbocycles. The van der Waals surface area contributed by atoms with E-state index in [9.17, 15) is 4.39 Å². The highest BCUT2D eigenvalue weighted by molar-refractivity contribution is 9.10. The molecule has 116 valence electrons. The molecule has 8 heteroatoms. The van der Waals surface area contributed by atoms with E-state index in [0.29, 0.717) is 21.5 Å². The first-order valence-electron chi connectivity index (χ1n) is 5.62. The van der Waals surface area contributed by atoms with Gasteiger partial charge in [0.25, 0.3) is 0 Å². The summed E-state index contributed by atoms with van der Waals surface area (Å²) in [5.41, 5.74) is 10.1. The first kappa shape index (κ1) is 22.0. The van der Waals surface area contributed by atoms with Crippen molar-refractivity contribution < 1.29 is 14.0 Å². The second-order valence-corrected chi connectivity index (χ2v) is 5.06. The van der Waals surface area contributed by atoms with E-state index in [1.54, 1.807) is 0 Å². The third-order valence-corrected chi connectivity index (χ3v) is 3.21. The maximum absolute atomic E-state index is 12.8. The summed E-state index contributed by atoms with van der Waals surface area (Å²) < 4.78 is 21.8. The predicted molar refractivity (Wildman–Crippen MR) is 87.5 cm³/mol. The van der Waals surface area contributed by atoms with Crippen LogP contribution >= 0.6 is 39.6 Å². The fraction of sp³-hybridized carbons (Fsp3) is 0.333. The molecule has 0 spiro atoms. The van der Waals surface area contributed by atoms with Crippen molar-refractivity contribution in [2.75, 3.05) is 0 Å². The average molecular weight is 390 g/mol. The molecule has 0 aromatic heterocycles. The molecule has 1 rings (SSSR count). The summed E-state index contributed by atoms with van der Waals surface area (Å²) in [6.45, 7) is 5.52.